The number of ether oxygens (including phenoxy) is 1. The van der Waals surface area contributed by atoms with E-state index in [-0.39, 0.29) is 23.3 Å². The molecule has 0 spiro atoms. The van der Waals surface area contributed by atoms with Crippen molar-refractivity contribution in [3.05, 3.63) is 58.1 Å². The largest absolute Gasteiger partial charge is 0.483 e. The molecule has 2 rings (SSSR count). The van der Waals surface area contributed by atoms with Crippen LogP contribution in [0.15, 0.2) is 36.4 Å². The number of hydrogen-bond donors (Lipinski definition) is 1. The van der Waals surface area contributed by atoms with Crippen LogP contribution in [0.3, 0.4) is 0 Å². The summed E-state index contributed by atoms with van der Waals surface area (Å²) in [6.07, 6.45) is 0. The lowest BCUT2D eigenvalue weighted by molar-refractivity contribution is -0.118. The molecule has 0 aliphatic heterocycles. The molecule has 0 aliphatic carbocycles. The lowest BCUT2D eigenvalue weighted by Gasteiger charge is -2.27. The predicted molar refractivity (Wildman–Crippen MR) is 114 cm³/mol. The molecule has 1 amide bonds. The van der Waals surface area contributed by atoms with Gasteiger partial charge in [-0.2, -0.15) is 0 Å². The van der Waals surface area contributed by atoms with Crippen LogP contribution < -0.4 is 10.1 Å². The number of benzene rings is 2. The Morgan fingerprint density at radius 1 is 1.04 bits per heavy atom. The van der Waals surface area contributed by atoms with Crippen molar-refractivity contribution in [3.8, 4) is 5.75 Å². The van der Waals surface area contributed by atoms with Gasteiger partial charge in [-0.05, 0) is 52.6 Å². The van der Waals surface area contributed by atoms with E-state index in [4.69, 9.17) is 16.3 Å². The second-order valence-corrected chi connectivity index (χ2v) is 9.37. The van der Waals surface area contributed by atoms with E-state index >= 15 is 0 Å². The first kappa shape index (κ1) is 21.3. The maximum absolute atomic E-state index is 12.4. The average Bonchev–Trinajstić information content (AvgIpc) is 2.55. The molecule has 2 aromatic rings. The first-order valence-electron chi connectivity index (χ1n) is 9.22. The van der Waals surface area contributed by atoms with Crippen LogP contribution in [0.1, 0.15) is 58.2 Å². The van der Waals surface area contributed by atoms with Gasteiger partial charge in [0.2, 0.25) is 0 Å². The van der Waals surface area contributed by atoms with Crippen LogP contribution in [0, 0.1) is 6.92 Å². The van der Waals surface area contributed by atoms with Crippen LogP contribution in [0.4, 0.5) is 5.69 Å². The van der Waals surface area contributed by atoms with Crippen molar-refractivity contribution in [3.63, 3.8) is 0 Å². The minimum Gasteiger partial charge on any atom is -0.483 e. The van der Waals surface area contributed by atoms with Crippen molar-refractivity contribution in [1.82, 2.24) is 0 Å². The molecular weight excluding hydrogens is 358 g/mol. The van der Waals surface area contributed by atoms with E-state index in [1.54, 1.807) is 6.07 Å². The zero-order valence-corrected chi connectivity index (χ0v) is 18.1. The lowest BCUT2D eigenvalue weighted by atomic mass is 9.80. The Kier molecular flexibility index (Phi) is 6.26. The van der Waals surface area contributed by atoms with E-state index in [2.05, 4.69) is 59.0 Å². The topological polar surface area (TPSA) is 38.3 Å². The van der Waals surface area contributed by atoms with Crippen LogP contribution in [-0.2, 0) is 15.6 Å². The number of rotatable bonds is 4. The molecule has 0 saturated carbocycles. The van der Waals surface area contributed by atoms with Gasteiger partial charge in [-0.25, -0.2) is 0 Å². The fourth-order valence-electron chi connectivity index (χ4n) is 2.78. The molecule has 27 heavy (non-hydrogen) atoms. The molecule has 4 heteroatoms. The second-order valence-electron chi connectivity index (χ2n) is 8.96. The second kappa shape index (κ2) is 7.93. The molecule has 0 heterocycles. The molecule has 0 atom stereocenters. The minimum absolute atomic E-state index is 0.0517. The number of carbonyl (C=O) groups excluding carboxylic acids is 1. The lowest BCUT2D eigenvalue weighted by Crippen LogP contribution is -2.23. The number of hydrogen-bond acceptors (Lipinski definition) is 2. The van der Waals surface area contributed by atoms with E-state index in [0.717, 1.165) is 16.9 Å². The molecular formula is C23H30ClNO2. The summed E-state index contributed by atoms with van der Waals surface area (Å²) < 4.78 is 5.89. The fourth-order valence-corrected chi connectivity index (χ4v) is 2.96. The average molecular weight is 388 g/mol. The summed E-state index contributed by atoms with van der Waals surface area (Å²) in [5, 5.41) is 3.49. The van der Waals surface area contributed by atoms with Gasteiger partial charge in [0.15, 0.2) is 6.61 Å². The van der Waals surface area contributed by atoms with E-state index in [1.807, 2.05) is 25.1 Å². The van der Waals surface area contributed by atoms with Gasteiger partial charge >= 0.3 is 0 Å². The van der Waals surface area contributed by atoms with Gasteiger partial charge in [0.1, 0.15) is 5.75 Å². The van der Waals surface area contributed by atoms with Gasteiger partial charge in [0, 0.05) is 10.7 Å². The summed E-state index contributed by atoms with van der Waals surface area (Å²) in [7, 11) is 0. The maximum Gasteiger partial charge on any atom is 0.262 e. The zero-order chi connectivity index (χ0) is 20.4. The van der Waals surface area contributed by atoms with Gasteiger partial charge < -0.3 is 10.1 Å². The third-order valence-corrected chi connectivity index (χ3v) is 4.96. The van der Waals surface area contributed by atoms with Crippen molar-refractivity contribution < 1.29 is 9.53 Å². The van der Waals surface area contributed by atoms with Crippen molar-refractivity contribution in [2.75, 3.05) is 11.9 Å². The number of carbonyl (C=O) groups is 1. The van der Waals surface area contributed by atoms with Gasteiger partial charge in [-0.15, -0.1) is 0 Å². The molecule has 146 valence electrons. The highest BCUT2D eigenvalue weighted by Crippen LogP contribution is 2.35. The Balaban J connectivity index is 2.17. The quantitative estimate of drug-likeness (QED) is 0.672. The van der Waals surface area contributed by atoms with Gasteiger partial charge in [-0.3, -0.25) is 4.79 Å². The Morgan fingerprint density at radius 3 is 2.30 bits per heavy atom. The van der Waals surface area contributed by atoms with Crippen molar-refractivity contribution in [2.45, 2.75) is 59.3 Å². The molecule has 0 radical (unpaired) electrons. The maximum atomic E-state index is 12.4. The van der Waals surface area contributed by atoms with E-state index in [9.17, 15) is 4.79 Å². The summed E-state index contributed by atoms with van der Waals surface area (Å²) in [5.41, 5.74) is 3.87. The van der Waals surface area contributed by atoms with Crippen molar-refractivity contribution >= 4 is 23.2 Å². The van der Waals surface area contributed by atoms with E-state index < -0.39 is 0 Å². The fraction of sp³-hybridized carbons (Fsp3) is 0.435. The van der Waals surface area contributed by atoms with Gasteiger partial charge in [0.05, 0.1) is 0 Å². The third-order valence-electron chi connectivity index (χ3n) is 4.55. The van der Waals surface area contributed by atoms with Crippen LogP contribution in [0.5, 0.6) is 5.75 Å². The summed E-state index contributed by atoms with van der Waals surface area (Å²) in [4.78, 5) is 12.4. The zero-order valence-electron chi connectivity index (χ0n) is 17.4. The Morgan fingerprint density at radius 2 is 1.70 bits per heavy atom. The highest BCUT2D eigenvalue weighted by atomic mass is 35.5. The van der Waals surface area contributed by atoms with Crippen LogP contribution in [0.2, 0.25) is 5.02 Å². The highest BCUT2D eigenvalue weighted by molar-refractivity contribution is 6.31. The predicted octanol–water partition coefficient (Wildman–Crippen LogP) is 6.26. The SMILES string of the molecule is Cc1c(Cl)cccc1NC(=O)COc1ccc(C(C)(C)C)cc1C(C)(C)C. The van der Waals surface area contributed by atoms with Crippen LogP contribution >= 0.6 is 11.6 Å². The van der Waals surface area contributed by atoms with Gasteiger partial charge in [0.25, 0.3) is 5.91 Å². The highest BCUT2D eigenvalue weighted by Gasteiger charge is 2.23. The molecule has 3 nitrogen and oxygen atoms in total. The number of halogens is 1. The first-order valence-corrected chi connectivity index (χ1v) is 9.60. The van der Waals surface area contributed by atoms with E-state index in [1.165, 1.54) is 5.56 Å². The van der Waals surface area contributed by atoms with E-state index in [0.29, 0.717) is 10.7 Å². The number of nitrogens with one attached hydrogen (secondary N) is 1. The number of anilines is 1. The molecule has 0 aliphatic rings. The summed E-state index contributed by atoms with van der Waals surface area (Å²) in [5.74, 6) is 0.536. The smallest absolute Gasteiger partial charge is 0.262 e. The monoisotopic (exact) mass is 387 g/mol. The van der Waals surface area contributed by atoms with Crippen molar-refractivity contribution in [2.24, 2.45) is 0 Å². The Hall–Kier alpha value is -2.00. The standard InChI is InChI=1S/C23H30ClNO2/c1-15-18(24)9-8-10-19(15)25-21(26)14-27-20-12-11-16(22(2,3)4)13-17(20)23(5,6)7/h8-13H,14H2,1-7H3,(H,25,26). The van der Waals surface area contributed by atoms with Crippen LogP contribution in [-0.4, -0.2) is 12.5 Å². The molecule has 0 bridgehead atoms. The molecule has 0 unspecified atom stereocenters. The molecule has 0 saturated heterocycles. The minimum atomic E-state index is -0.208. The molecule has 1 N–H and O–H groups in total. The van der Waals surface area contributed by atoms with Gasteiger partial charge in [-0.1, -0.05) is 71.3 Å². The summed E-state index contributed by atoms with van der Waals surface area (Å²) in [6.45, 7) is 14.8. The normalized spacial score (nSPS) is 12.0. The Bertz CT molecular complexity index is 829. The molecule has 0 aromatic heterocycles. The summed E-state index contributed by atoms with van der Waals surface area (Å²) >= 11 is 6.11. The van der Waals surface area contributed by atoms with Crippen LogP contribution in [0.25, 0.3) is 0 Å². The Labute approximate surface area is 168 Å². The third kappa shape index (κ3) is 5.49. The summed E-state index contributed by atoms with van der Waals surface area (Å²) in [6, 6.07) is 11.7. The molecule has 2 aromatic carbocycles. The molecule has 0 fully saturated rings. The van der Waals surface area contributed by atoms with Crippen molar-refractivity contribution in [1.29, 1.82) is 0 Å². The first-order chi connectivity index (χ1) is 12.4. The number of amides is 1.